The lowest BCUT2D eigenvalue weighted by molar-refractivity contribution is 0.0951. The Morgan fingerprint density at radius 1 is 1.35 bits per heavy atom. The molecule has 0 bridgehead atoms. The second-order valence-electron chi connectivity index (χ2n) is 5.63. The van der Waals surface area contributed by atoms with Crippen molar-refractivity contribution in [3.05, 3.63) is 41.6 Å². The molecule has 0 saturated heterocycles. The Morgan fingerprint density at radius 2 is 2.22 bits per heavy atom. The monoisotopic (exact) mass is 330 g/mol. The maximum Gasteiger partial charge on any atom is 0.252 e. The molecule has 3 heterocycles. The maximum absolute atomic E-state index is 12.2. The third-order valence-corrected chi connectivity index (χ3v) is 4.04. The second-order valence-corrected chi connectivity index (χ2v) is 6.06. The van der Waals surface area contributed by atoms with Crippen LogP contribution in [0.5, 0.6) is 0 Å². The number of fused-ring (bicyclic) bond motifs is 1. The number of nitrogens with one attached hydrogen (secondary N) is 1. The van der Waals surface area contributed by atoms with Gasteiger partial charge in [0, 0.05) is 25.0 Å². The molecular weight excluding hydrogens is 316 g/mol. The normalized spacial score (nSPS) is 14.3. The number of hydrogen-bond donors (Lipinski definition) is 1. The zero-order valence-electron chi connectivity index (χ0n) is 12.3. The van der Waals surface area contributed by atoms with Crippen molar-refractivity contribution in [1.82, 2.24) is 29.6 Å². The minimum Gasteiger partial charge on any atom is -0.350 e. The maximum atomic E-state index is 12.2. The molecule has 0 unspecified atom stereocenters. The Labute approximate surface area is 137 Å². The lowest BCUT2D eigenvalue weighted by atomic mass is 10.2. The Bertz CT molecular complexity index is 866. The molecule has 1 fully saturated rings. The van der Waals surface area contributed by atoms with Gasteiger partial charge in [-0.2, -0.15) is 5.10 Å². The van der Waals surface area contributed by atoms with E-state index >= 15 is 0 Å². The fraction of sp³-hybridized carbons (Fsp3) is 0.333. The van der Waals surface area contributed by atoms with Crippen LogP contribution >= 0.6 is 11.6 Å². The molecule has 1 aliphatic rings. The minimum absolute atomic E-state index is 0.168. The van der Waals surface area contributed by atoms with Crippen LogP contribution in [-0.4, -0.2) is 36.8 Å². The number of carbonyl (C=O) groups is 1. The van der Waals surface area contributed by atoms with E-state index in [1.807, 2.05) is 0 Å². The Hall–Kier alpha value is -2.41. The molecule has 0 spiro atoms. The standard InChI is InChI=1S/C15H15ClN6O/c16-11-7-20-21(8-11)4-3-17-15(23)10-5-13-14(18-6-10)22(9-19-13)12-1-2-12/h5-9,12H,1-4H2,(H,17,23). The van der Waals surface area contributed by atoms with Crippen molar-refractivity contribution >= 4 is 28.7 Å². The first-order valence-electron chi connectivity index (χ1n) is 7.49. The van der Waals surface area contributed by atoms with Crippen LogP contribution < -0.4 is 5.32 Å². The third-order valence-electron chi connectivity index (χ3n) is 3.84. The summed E-state index contributed by atoms with van der Waals surface area (Å²) in [5.74, 6) is -0.168. The lowest BCUT2D eigenvalue weighted by Gasteiger charge is -2.06. The van der Waals surface area contributed by atoms with Crippen molar-refractivity contribution in [2.75, 3.05) is 6.54 Å². The largest absolute Gasteiger partial charge is 0.350 e. The van der Waals surface area contributed by atoms with Crippen LogP contribution in [0.1, 0.15) is 29.2 Å². The number of amides is 1. The molecule has 1 aliphatic carbocycles. The number of imidazole rings is 1. The van der Waals surface area contributed by atoms with Crippen molar-refractivity contribution in [2.45, 2.75) is 25.4 Å². The van der Waals surface area contributed by atoms with Crippen LogP contribution in [0.3, 0.4) is 0 Å². The quantitative estimate of drug-likeness (QED) is 0.776. The van der Waals surface area contributed by atoms with E-state index in [9.17, 15) is 4.79 Å². The molecule has 1 amide bonds. The highest BCUT2D eigenvalue weighted by Gasteiger charge is 2.25. The first kappa shape index (κ1) is 14.2. The molecule has 7 nitrogen and oxygen atoms in total. The predicted octanol–water partition coefficient (Wildman–Crippen LogP) is 2.05. The molecule has 3 aromatic rings. The Kier molecular flexibility index (Phi) is 3.49. The van der Waals surface area contributed by atoms with Gasteiger partial charge < -0.3 is 9.88 Å². The van der Waals surface area contributed by atoms with Crippen molar-refractivity contribution in [2.24, 2.45) is 0 Å². The van der Waals surface area contributed by atoms with E-state index in [1.54, 1.807) is 35.7 Å². The molecular formula is C15H15ClN6O. The molecule has 0 atom stereocenters. The molecule has 3 aromatic heterocycles. The van der Waals surface area contributed by atoms with Gasteiger partial charge in [-0.25, -0.2) is 9.97 Å². The fourth-order valence-corrected chi connectivity index (χ4v) is 2.67. The minimum atomic E-state index is -0.168. The molecule has 4 rings (SSSR count). The average molecular weight is 331 g/mol. The van der Waals surface area contributed by atoms with Crippen molar-refractivity contribution in [3.63, 3.8) is 0 Å². The number of nitrogens with zero attached hydrogens (tertiary/aromatic N) is 5. The third kappa shape index (κ3) is 2.92. The van der Waals surface area contributed by atoms with E-state index in [4.69, 9.17) is 11.6 Å². The van der Waals surface area contributed by atoms with E-state index in [0.717, 1.165) is 11.2 Å². The lowest BCUT2D eigenvalue weighted by Crippen LogP contribution is -2.27. The van der Waals surface area contributed by atoms with Crippen LogP contribution in [0, 0.1) is 0 Å². The van der Waals surface area contributed by atoms with Crippen molar-refractivity contribution in [1.29, 1.82) is 0 Å². The van der Waals surface area contributed by atoms with Crippen LogP contribution in [0.25, 0.3) is 11.2 Å². The van der Waals surface area contributed by atoms with Crippen LogP contribution in [0.15, 0.2) is 31.0 Å². The van der Waals surface area contributed by atoms with E-state index in [-0.39, 0.29) is 5.91 Å². The van der Waals surface area contributed by atoms with E-state index in [1.165, 1.54) is 12.8 Å². The van der Waals surface area contributed by atoms with Crippen molar-refractivity contribution in [3.8, 4) is 0 Å². The van der Waals surface area contributed by atoms with Crippen LogP contribution in [0.2, 0.25) is 5.02 Å². The number of carbonyl (C=O) groups excluding carboxylic acids is 1. The molecule has 1 N–H and O–H groups in total. The number of aromatic nitrogens is 5. The molecule has 1 saturated carbocycles. The first-order chi connectivity index (χ1) is 11.2. The van der Waals surface area contributed by atoms with Gasteiger partial charge in [0.05, 0.1) is 29.7 Å². The average Bonchev–Trinajstić information content (AvgIpc) is 3.17. The SMILES string of the molecule is O=C(NCCn1cc(Cl)cn1)c1cnc2c(c1)ncn2C1CC1. The fourth-order valence-electron chi connectivity index (χ4n) is 2.51. The molecule has 8 heteroatoms. The smallest absolute Gasteiger partial charge is 0.252 e. The Balaban J connectivity index is 1.42. The highest BCUT2D eigenvalue weighted by Crippen LogP contribution is 2.36. The van der Waals surface area contributed by atoms with Crippen LogP contribution in [0.4, 0.5) is 0 Å². The van der Waals surface area contributed by atoms with Crippen molar-refractivity contribution < 1.29 is 4.79 Å². The van der Waals surface area contributed by atoms with Gasteiger partial charge in [-0.15, -0.1) is 0 Å². The Morgan fingerprint density at radius 3 is 2.96 bits per heavy atom. The van der Waals surface area contributed by atoms with Crippen LogP contribution in [-0.2, 0) is 6.54 Å². The van der Waals surface area contributed by atoms with Gasteiger partial charge >= 0.3 is 0 Å². The summed E-state index contributed by atoms with van der Waals surface area (Å²) in [6, 6.07) is 2.30. The van der Waals surface area contributed by atoms with Gasteiger partial charge in [-0.1, -0.05) is 11.6 Å². The molecule has 0 radical (unpaired) electrons. The van der Waals surface area contributed by atoms with Gasteiger partial charge in [0.15, 0.2) is 5.65 Å². The summed E-state index contributed by atoms with van der Waals surface area (Å²) in [5.41, 5.74) is 2.11. The summed E-state index contributed by atoms with van der Waals surface area (Å²) >= 11 is 5.79. The summed E-state index contributed by atoms with van der Waals surface area (Å²) in [5, 5.41) is 7.49. The number of hydrogen-bond acceptors (Lipinski definition) is 4. The first-order valence-corrected chi connectivity index (χ1v) is 7.87. The topological polar surface area (TPSA) is 77.6 Å². The number of pyridine rings is 1. The molecule has 23 heavy (non-hydrogen) atoms. The van der Waals surface area contributed by atoms with E-state index in [2.05, 4.69) is 25.0 Å². The van der Waals surface area contributed by atoms with Gasteiger partial charge in [0.1, 0.15) is 5.52 Å². The predicted molar refractivity (Wildman–Crippen MR) is 85.4 cm³/mol. The van der Waals surface area contributed by atoms with Gasteiger partial charge in [-0.05, 0) is 18.9 Å². The highest BCUT2D eigenvalue weighted by molar-refractivity contribution is 6.30. The van der Waals surface area contributed by atoms with Gasteiger partial charge in [0.2, 0.25) is 0 Å². The summed E-state index contributed by atoms with van der Waals surface area (Å²) in [7, 11) is 0. The zero-order chi connectivity index (χ0) is 15.8. The van der Waals surface area contributed by atoms with Gasteiger partial charge in [0.25, 0.3) is 5.91 Å². The van der Waals surface area contributed by atoms with Gasteiger partial charge in [-0.3, -0.25) is 9.48 Å². The second kappa shape index (κ2) is 5.66. The summed E-state index contributed by atoms with van der Waals surface area (Å²) < 4.78 is 3.76. The molecule has 0 aliphatic heterocycles. The molecule has 0 aromatic carbocycles. The highest BCUT2D eigenvalue weighted by atomic mass is 35.5. The zero-order valence-corrected chi connectivity index (χ0v) is 13.1. The van der Waals surface area contributed by atoms with E-state index in [0.29, 0.717) is 29.7 Å². The number of rotatable bonds is 5. The molecule has 118 valence electrons. The van der Waals surface area contributed by atoms with E-state index < -0.39 is 0 Å². The summed E-state index contributed by atoms with van der Waals surface area (Å²) in [4.78, 5) is 20.9. The number of halogens is 1. The summed E-state index contributed by atoms with van der Waals surface area (Å²) in [6.07, 6.45) is 9.03. The summed E-state index contributed by atoms with van der Waals surface area (Å²) in [6.45, 7) is 1.02.